The maximum atomic E-state index is 13.8. The topological polar surface area (TPSA) is 25.2 Å². The van der Waals surface area contributed by atoms with Gasteiger partial charge in [-0.15, -0.1) is 0 Å². The van der Waals surface area contributed by atoms with Gasteiger partial charge in [0.25, 0.3) is 0 Å². The van der Waals surface area contributed by atoms with E-state index in [-0.39, 0.29) is 11.9 Å². The van der Waals surface area contributed by atoms with Crippen molar-refractivity contribution in [3.05, 3.63) is 58.3 Å². The smallest absolute Gasteiger partial charge is 0.129 e. The Labute approximate surface area is 126 Å². The first-order valence-corrected chi connectivity index (χ1v) is 7.65. The fraction of sp³-hybridized carbons (Fsp3) is 0.444. The largest absolute Gasteiger partial charge is 0.464 e. The van der Waals surface area contributed by atoms with E-state index in [0.717, 1.165) is 36.5 Å². The number of halogens is 1. The van der Waals surface area contributed by atoms with Crippen molar-refractivity contribution in [3.63, 3.8) is 0 Å². The van der Waals surface area contributed by atoms with E-state index in [1.807, 2.05) is 38.1 Å². The number of rotatable bonds is 6. The molecule has 2 aromatic rings. The Morgan fingerprint density at radius 1 is 1.14 bits per heavy atom. The van der Waals surface area contributed by atoms with Gasteiger partial charge in [-0.2, -0.15) is 0 Å². The lowest BCUT2D eigenvalue weighted by atomic mass is 9.99. The lowest BCUT2D eigenvalue weighted by Gasteiger charge is -2.18. The Kier molecular flexibility index (Phi) is 5.18. The van der Waals surface area contributed by atoms with Crippen LogP contribution in [-0.4, -0.2) is 6.54 Å². The molecule has 0 saturated heterocycles. The van der Waals surface area contributed by atoms with Crippen molar-refractivity contribution in [1.29, 1.82) is 0 Å². The fourth-order valence-corrected chi connectivity index (χ4v) is 2.56. The summed E-state index contributed by atoms with van der Waals surface area (Å²) in [5, 5.41) is 3.50. The number of benzene rings is 1. The molecule has 1 aromatic heterocycles. The summed E-state index contributed by atoms with van der Waals surface area (Å²) in [4.78, 5) is 0. The highest BCUT2D eigenvalue weighted by Gasteiger charge is 2.19. The molecule has 1 aromatic carbocycles. The van der Waals surface area contributed by atoms with Crippen molar-refractivity contribution in [2.75, 3.05) is 6.54 Å². The molecule has 0 aliphatic rings. The van der Waals surface area contributed by atoms with E-state index in [0.29, 0.717) is 11.1 Å². The molecule has 2 rings (SSSR count). The predicted molar refractivity (Wildman–Crippen MR) is 84.1 cm³/mol. The van der Waals surface area contributed by atoms with Crippen LogP contribution in [0.5, 0.6) is 0 Å². The molecule has 0 radical (unpaired) electrons. The van der Waals surface area contributed by atoms with Crippen molar-refractivity contribution >= 4 is 0 Å². The molecule has 114 valence electrons. The van der Waals surface area contributed by atoms with E-state index in [9.17, 15) is 4.39 Å². The molecule has 0 aliphatic carbocycles. The Balaban J connectivity index is 2.39. The highest BCUT2D eigenvalue weighted by molar-refractivity contribution is 5.35. The first kappa shape index (κ1) is 15.8. The third-order valence-electron chi connectivity index (χ3n) is 3.71. The van der Waals surface area contributed by atoms with Gasteiger partial charge in [0.15, 0.2) is 0 Å². The minimum absolute atomic E-state index is 0.0248. The number of nitrogens with one attached hydrogen (secondary N) is 1. The van der Waals surface area contributed by atoms with Crippen molar-refractivity contribution < 1.29 is 8.81 Å². The molecule has 0 bridgehead atoms. The number of hydrogen-bond acceptors (Lipinski definition) is 2. The van der Waals surface area contributed by atoms with Crippen LogP contribution in [0.4, 0.5) is 4.39 Å². The van der Waals surface area contributed by atoms with Crippen LogP contribution in [0.15, 0.2) is 28.7 Å². The summed E-state index contributed by atoms with van der Waals surface area (Å²) in [5.41, 5.74) is 2.41. The van der Waals surface area contributed by atoms with Crippen molar-refractivity contribution in [2.24, 2.45) is 0 Å². The summed E-state index contributed by atoms with van der Waals surface area (Å²) in [5.74, 6) is 1.75. The zero-order chi connectivity index (χ0) is 15.4. The van der Waals surface area contributed by atoms with Crippen LogP contribution in [0, 0.1) is 19.7 Å². The summed E-state index contributed by atoms with van der Waals surface area (Å²) >= 11 is 0. The average Bonchev–Trinajstić information content (AvgIpc) is 2.94. The third-order valence-corrected chi connectivity index (χ3v) is 3.71. The molecule has 1 N–H and O–H groups in total. The summed E-state index contributed by atoms with van der Waals surface area (Å²) in [6.45, 7) is 8.71. The second-order valence-electron chi connectivity index (χ2n) is 5.51. The molecule has 0 fully saturated rings. The van der Waals surface area contributed by atoms with Gasteiger partial charge in [-0.05, 0) is 55.6 Å². The quantitative estimate of drug-likeness (QED) is 0.834. The lowest BCUT2D eigenvalue weighted by Crippen LogP contribution is -2.23. The molecule has 0 spiro atoms. The minimum atomic E-state index is -0.123. The Bertz CT molecular complexity index is 580. The zero-order valence-electron chi connectivity index (χ0n) is 13.3. The first-order chi connectivity index (χ1) is 10.1. The molecule has 0 amide bonds. The first-order valence-electron chi connectivity index (χ1n) is 7.65. The van der Waals surface area contributed by atoms with E-state index in [2.05, 4.69) is 19.2 Å². The Morgan fingerprint density at radius 3 is 2.33 bits per heavy atom. The van der Waals surface area contributed by atoms with Crippen LogP contribution >= 0.6 is 0 Å². The summed E-state index contributed by atoms with van der Waals surface area (Å²) in [6, 6.07) is 7.82. The Morgan fingerprint density at radius 2 is 1.81 bits per heavy atom. The maximum Gasteiger partial charge on any atom is 0.129 e. The molecule has 1 unspecified atom stereocenters. The van der Waals surface area contributed by atoms with Gasteiger partial charge in [0, 0.05) is 6.42 Å². The second kappa shape index (κ2) is 6.90. The van der Waals surface area contributed by atoms with Gasteiger partial charge in [-0.25, -0.2) is 4.39 Å². The van der Waals surface area contributed by atoms with Gasteiger partial charge in [0.1, 0.15) is 17.3 Å². The van der Waals surface area contributed by atoms with E-state index < -0.39 is 0 Å². The summed E-state index contributed by atoms with van der Waals surface area (Å²) < 4.78 is 19.7. The van der Waals surface area contributed by atoms with Crippen LogP contribution in [-0.2, 0) is 6.42 Å². The lowest BCUT2D eigenvalue weighted by molar-refractivity contribution is 0.421. The second-order valence-corrected chi connectivity index (χ2v) is 5.51. The van der Waals surface area contributed by atoms with Gasteiger partial charge in [0.05, 0.1) is 6.04 Å². The molecule has 1 atom stereocenters. The summed E-state index contributed by atoms with van der Waals surface area (Å²) in [7, 11) is 0. The molecular weight excluding hydrogens is 265 g/mol. The van der Waals surface area contributed by atoms with Crippen molar-refractivity contribution in [1.82, 2.24) is 5.32 Å². The molecule has 1 heterocycles. The van der Waals surface area contributed by atoms with Gasteiger partial charge in [-0.1, -0.05) is 26.0 Å². The number of furan rings is 1. The maximum absolute atomic E-state index is 13.8. The van der Waals surface area contributed by atoms with Gasteiger partial charge >= 0.3 is 0 Å². The van der Waals surface area contributed by atoms with Crippen molar-refractivity contribution in [2.45, 2.75) is 46.6 Å². The van der Waals surface area contributed by atoms with Gasteiger partial charge in [0.2, 0.25) is 0 Å². The van der Waals surface area contributed by atoms with E-state index in [4.69, 9.17) is 4.42 Å². The van der Waals surface area contributed by atoms with E-state index in [1.54, 1.807) is 0 Å². The highest BCUT2D eigenvalue weighted by Crippen LogP contribution is 2.27. The average molecular weight is 289 g/mol. The molecule has 2 nitrogen and oxygen atoms in total. The number of hydrogen-bond donors (Lipinski definition) is 1. The number of aryl methyl sites for hydroxylation is 3. The SMILES string of the molecule is CCCNC(c1cc(C)c(F)c(C)c1)c1ccc(CC)o1. The zero-order valence-corrected chi connectivity index (χ0v) is 13.3. The predicted octanol–water partition coefficient (Wildman–Crippen LogP) is 4.69. The van der Waals surface area contributed by atoms with E-state index in [1.165, 1.54) is 0 Å². The van der Waals surface area contributed by atoms with Crippen LogP contribution in [0.1, 0.15) is 54.5 Å². The molecule has 0 saturated carbocycles. The van der Waals surface area contributed by atoms with E-state index >= 15 is 0 Å². The summed E-state index contributed by atoms with van der Waals surface area (Å²) in [6.07, 6.45) is 1.92. The van der Waals surface area contributed by atoms with Crippen LogP contribution < -0.4 is 5.32 Å². The molecular formula is C18H24FNO. The monoisotopic (exact) mass is 289 g/mol. The standard InChI is InChI=1S/C18H24FNO/c1-5-9-20-18(16-8-7-15(6-2)21-16)14-10-12(3)17(19)13(4)11-14/h7-8,10-11,18,20H,5-6,9H2,1-4H3. The minimum Gasteiger partial charge on any atom is -0.464 e. The van der Waals surface area contributed by atoms with Crippen molar-refractivity contribution in [3.8, 4) is 0 Å². The molecule has 3 heteroatoms. The highest BCUT2D eigenvalue weighted by atomic mass is 19.1. The van der Waals surface area contributed by atoms with Crippen LogP contribution in [0.25, 0.3) is 0 Å². The Hall–Kier alpha value is -1.61. The fourth-order valence-electron chi connectivity index (χ4n) is 2.56. The van der Waals surface area contributed by atoms with Crippen LogP contribution in [0.2, 0.25) is 0 Å². The third kappa shape index (κ3) is 3.53. The van der Waals surface area contributed by atoms with Gasteiger partial charge < -0.3 is 9.73 Å². The normalized spacial score (nSPS) is 12.6. The molecule has 21 heavy (non-hydrogen) atoms. The van der Waals surface area contributed by atoms with Gasteiger partial charge in [-0.3, -0.25) is 0 Å². The van der Waals surface area contributed by atoms with Crippen LogP contribution in [0.3, 0.4) is 0 Å². The molecule has 0 aliphatic heterocycles.